The van der Waals surface area contributed by atoms with E-state index in [9.17, 15) is 9.59 Å². The van der Waals surface area contributed by atoms with E-state index in [1.165, 1.54) is 6.92 Å². The zero-order valence-corrected chi connectivity index (χ0v) is 16.0. The molecule has 0 unspecified atom stereocenters. The third kappa shape index (κ3) is 5.49. The van der Waals surface area contributed by atoms with Gasteiger partial charge in [0.2, 0.25) is 11.8 Å². The number of benzene rings is 2. The smallest absolute Gasteiger partial charge is 0.224 e. The van der Waals surface area contributed by atoms with Gasteiger partial charge in [0, 0.05) is 30.7 Å². The third-order valence-electron chi connectivity index (χ3n) is 4.02. The summed E-state index contributed by atoms with van der Waals surface area (Å²) in [6.07, 6.45) is 0.278. The Balaban J connectivity index is 1.91. The van der Waals surface area contributed by atoms with Gasteiger partial charge in [-0.15, -0.1) is 0 Å². The molecule has 0 aliphatic heterocycles. The Bertz CT molecular complexity index is 775. The molecule has 2 aromatic rings. The molecule has 0 fully saturated rings. The van der Waals surface area contributed by atoms with Crippen LogP contribution >= 0.6 is 11.6 Å². The summed E-state index contributed by atoms with van der Waals surface area (Å²) in [7, 11) is 1.60. The van der Waals surface area contributed by atoms with E-state index in [-0.39, 0.29) is 18.2 Å². The quantitative estimate of drug-likeness (QED) is 0.808. The largest absolute Gasteiger partial charge is 0.497 e. The second kappa shape index (κ2) is 9.25. The van der Waals surface area contributed by atoms with Crippen LogP contribution in [0, 0.1) is 6.92 Å². The Morgan fingerprint density at radius 2 is 1.85 bits per heavy atom. The van der Waals surface area contributed by atoms with E-state index >= 15 is 0 Å². The van der Waals surface area contributed by atoms with Crippen molar-refractivity contribution in [3.63, 3.8) is 0 Å². The second-order valence-electron chi connectivity index (χ2n) is 5.98. The first-order valence-electron chi connectivity index (χ1n) is 8.34. The molecule has 0 aliphatic carbocycles. The van der Waals surface area contributed by atoms with Crippen LogP contribution in [-0.2, 0) is 16.0 Å². The van der Waals surface area contributed by atoms with Gasteiger partial charge in [-0.1, -0.05) is 29.8 Å². The topological polar surface area (TPSA) is 58.6 Å². The van der Waals surface area contributed by atoms with Crippen molar-refractivity contribution in [2.24, 2.45) is 0 Å². The molecule has 0 heterocycles. The Morgan fingerprint density at radius 3 is 2.46 bits per heavy atom. The number of carbonyl (C=O) groups excluding carboxylic acids is 2. The van der Waals surface area contributed by atoms with E-state index < -0.39 is 0 Å². The maximum Gasteiger partial charge on any atom is 0.224 e. The number of nitrogens with zero attached hydrogens (tertiary/aromatic N) is 1. The van der Waals surface area contributed by atoms with Crippen LogP contribution in [0.4, 0.5) is 5.69 Å². The lowest BCUT2D eigenvalue weighted by molar-refractivity contribution is -0.121. The highest BCUT2D eigenvalue weighted by Gasteiger charge is 2.14. The maximum absolute atomic E-state index is 12.1. The first kappa shape index (κ1) is 19.8. The van der Waals surface area contributed by atoms with Crippen LogP contribution in [0.2, 0.25) is 5.02 Å². The molecule has 2 aromatic carbocycles. The van der Waals surface area contributed by atoms with Gasteiger partial charge in [0.1, 0.15) is 5.75 Å². The second-order valence-corrected chi connectivity index (χ2v) is 6.41. The summed E-state index contributed by atoms with van der Waals surface area (Å²) >= 11 is 6.05. The fourth-order valence-corrected chi connectivity index (χ4v) is 2.79. The minimum absolute atomic E-state index is 0.0958. The van der Waals surface area contributed by atoms with Gasteiger partial charge in [0.25, 0.3) is 0 Å². The van der Waals surface area contributed by atoms with Crippen molar-refractivity contribution in [2.75, 3.05) is 25.1 Å². The lowest BCUT2D eigenvalue weighted by atomic mass is 10.1. The molecule has 0 spiro atoms. The molecule has 0 aromatic heterocycles. The van der Waals surface area contributed by atoms with Crippen LogP contribution in [0.3, 0.4) is 0 Å². The lowest BCUT2D eigenvalue weighted by Crippen LogP contribution is -2.38. The summed E-state index contributed by atoms with van der Waals surface area (Å²) in [5, 5.41) is 3.42. The molecule has 6 heteroatoms. The Kier molecular flexibility index (Phi) is 7.04. The van der Waals surface area contributed by atoms with Gasteiger partial charge in [-0.05, 0) is 42.3 Å². The number of anilines is 1. The van der Waals surface area contributed by atoms with Crippen LogP contribution in [0.15, 0.2) is 42.5 Å². The van der Waals surface area contributed by atoms with E-state index in [1.54, 1.807) is 24.1 Å². The van der Waals surface area contributed by atoms with Crippen molar-refractivity contribution in [1.82, 2.24) is 5.32 Å². The summed E-state index contributed by atoms with van der Waals surface area (Å²) in [6.45, 7) is 4.16. The average Bonchev–Trinajstić information content (AvgIpc) is 2.61. The molecule has 26 heavy (non-hydrogen) atoms. The molecule has 0 aliphatic rings. The van der Waals surface area contributed by atoms with Crippen molar-refractivity contribution >= 4 is 29.1 Å². The minimum atomic E-state index is -0.0974. The molecular weight excluding hydrogens is 352 g/mol. The number of halogens is 1. The Morgan fingerprint density at radius 1 is 1.15 bits per heavy atom. The van der Waals surface area contributed by atoms with E-state index in [0.717, 1.165) is 22.6 Å². The van der Waals surface area contributed by atoms with Crippen molar-refractivity contribution in [3.05, 3.63) is 58.6 Å². The van der Waals surface area contributed by atoms with Gasteiger partial charge in [-0.25, -0.2) is 0 Å². The SMILES string of the molecule is COc1ccc(CC(=O)NCCN(C(C)=O)c2cc(Cl)ccc2C)cc1. The molecule has 138 valence electrons. The number of hydrogen-bond donors (Lipinski definition) is 1. The van der Waals surface area contributed by atoms with E-state index in [1.807, 2.05) is 37.3 Å². The van der Waals surface area contributed by atoms with Crippen LogP contribution in [0.25, 0.3) is 0 Å². The molecule has 0 radical (unpaired) electrons. The number of hydrogen-bond acceptors (Lipinski definition) is 3. The standard InChI is InChI=1S/C20H23ClN2O3/c1-14-4-7-17(21)13-19(14)23(15(2)24)11-10-22-20(25)12-16-5-8-18(26-3)9-6-16/h4-9,13H,10-12H2,1-3H3,(H,22,25). The summed E-state index contributed by atoms with van der Waals surface area (Å²) in [5.41, 5.74) is 2.61. The molecule has 0 saturated carbocycles. The average molecular weight is 375 g/mol. The molecule has 0 atom stereocenters. The predicted octanol–water partition coefficient (Wildman–Crippen LogP) is 3.37. The number of methoxy groups -OCH3 is 1. The van der Waals surface area contributed by atoms with Crippen LogP contribution in [0.5, 0.6) is 5.75 Å². The fourth-order valence-electron chi connectivity index (χ4n) is 2.62. The zero-order chi connectivity index (χ0) is 19.1. The first-order chi connectivity index (χ1) is 12.4. The van der Waals surface area contributed by atoms with Gasteiger partial charge >= 0.3 is 0 Å². The number of amides is 2. The van der Waals surface area contributed by atoms with E-state index in [2.05, 4.69) is 5.32 Å². The Hall–Kier alpha value is -2.53. The predicted molar refractivity (Wildman–Crippen MR) is 104 cm³/mol. The van der Waals surface area contributed by atoms with Gasteiger partial charge in [0.05, 0.1) is 13.5 Å². The number of nitrogens with one attached hydrogen (secondary N) is 1. The van der Waals surface area contributed by atoms with Gasteiger partial charge < -0.3 is 15.0 Å². The van der Waals surface area contributed by atoms with Crippen LogP contribution in [-0.4, -0.2) is 32.0 Å². The number of ether oxygens (including phenoxy) is 1. The lowest BCUT2D eigenvalue weighted by Gasteiger charge is -2.23. The summed E-state index contributed by atoms with van der Waals surface area (Å²) in [6, 6.07) is 12.8. The molecule has 5 nitrogen and oxygen atoms in total. The minimum Gasteiger partial charge on any atom is -0.497 e. The van der Waals surface area contributed by atoms with Gasteiger partial charge in [0.15, 0.2) is 0 Å². The third-order valence-corrected chi connectivity index (χ3v) is 4.26. The van der Waals surface area contributed by atoms with E-state index in [4.69, 9.17) is 16.3 Å². The molecule has 0 saturated heterocycles. The van der Waals surface area contributed by atoms with Crippen LogP contribution < -0.4 is 15.0 Å². The van der Waals surface area contributed by atoms with E-state index in [0.29, 0.717) is 18.1 Å². The van der Waals surface area contributed by atoms with Crippen molar-refractivity contribution < 1.29 is 14.3 Å². The fraction of sp³-hybridized carbons (Fsp3) is 0.300. The summed E-state index contributed by atoms with van der Waals surface area (Å²) in [5.74, 6) is 0.560. The molecule has 2 rings (SSSR count). The molecular formula is C20H23ClN2O3. The summed E-state index contributed by atoms with van der Waals surface area (Å²) in [4.78, 5) is 25.7. The maximum atomic E-state index is 12.1. The zero-order valence-electron chi connectivity index (χ0n) is 15.2. The normalized spacial score (nSPS) is 10.3. The Labute approximate surface area is 158 Å². The number of rotatable bonds is 7. The highest BCUT2D eigenvalue weighted by atomic mass is 35.5. The van der Waals surface area contributed by atoms with Gasteiger partial charge in [-0.3, -0.25) is 9.59 Å². The molecule has 2 amide bonds. The molecule has 0 bridgehead atoms. The summed E-state index contributed by atoms with van der Waals surface area (Å²) < 4.78 is 5.10. The molecule has 1 N–H and O–H groups in total. The number of aryl methyl sites for hydroxylation is 1. The van der Waals surface area contributed by atoms with Gasteiger partial charge in [-0.2, -0.15) is 0 Å². The number of carbonyl (C=O) groups is 2. The van der Waals surface area contributed by atoms with Crippen LogP contribution in [0.1, 0.15) is 18.1 Å². The van der Waals surface area contributed by atoms with Crippen molar-refractivity contribution in [1.29, 1.82) is 0 Å². The monoisotopic (exact) mass is 374 g/mol. The van der Waals surface area contributed by atoms with Crippen molar-refractivity contribution in [2.45, 2.75) is 20.3 Å². The highest BCUT2D eigenvalue weighted by molar-refractivity contribution is 6.31. The highest BCUT2D eigenvalue weighted by Crippen LogP contribution is 2.24. The first-order valence-corrected chi connectivity index (χ1v) is 8.72. The van der Waals surface area contributed by atoms with Crippen molar-refractivity contribution in [3.8, 4) is 5.75 Å².